The molecule has 138 valence electrons. The van der Waals surface area contributed by atoms with Gasteiger partial charge in [-0.1, -0.05) is 31.2 Å². The quantitative estimate of drug-likeness (QED) is 0.568. The van der Waals surface area contributed by atoms with Crippen LogP contribution in [0, 0.1) is 0 Å². The van der Waals surface area contributed by atoms with Gasteiger partial charge in [0.05, 0.1) is 29.1 Å². The van der Waals surface area contributed by atoms with Crippen LogP contribution in [0.2, 0.25) is 0 Å². The highest BCUT2D eigenvalue weighted by atomic mass is 35.5. The maximum absolute atomic E-state index is 6.53. The lowest BCUT2D eigenvalue weighted by Gasteiger charge is -2.16. The monoisotopic (exact) mass is 379 g/mol. The van der Waals surface area contributed by atoms with Crippen LogP contribution in [-0.2, 0) is 12.8 Å². The summed E-state index contributed by atoms with van der Waals surface area (Å²) in [6.45, 7) is 2.10. The largest absolute Gasteiger partial charge is 0.322 e. The number of hydrogen-bond donors (Lipinski definition) is 1. The molecule has 0 saturated heterocycles. The summed E-state index contributed by atoms with van der Waals surface area (Å²) in [5, 5.41) is 5.64. The van der Waals surface area contributed by atoms with Crippen molar-refractivity contribution in [2.45, 2.75) is 25.8 Å². The van der Waals surface area contributed by atoms with Crippen LogP contribution < -0.4 is 5.73 Å². The summed E-state index contributed by atoms with van der Waals surface area (Å²) >= 11 is 0. The molecule has 5 nitrogen and oxygen atoms in total. The molecule has 4 rings (SSSR count). The van der Waals surface area contributed by atoms with Crippen molar-refractivity contribution >= 4 is 23.3 Å². The molecule has 0 spiro atoms. The van der Waals surface area contributed by atoms with Gasteiger partial charge in [-0.15, -0.1) is 12.4 Å². The SMILES string of the molecule is CCc1cccc(C[C@H](N)c2ncccc2-n2ncc3ccccc32)n1.Cl. The predicted octanol–water partition coefficient (Wildman–Crippen LogP) is 4.04. The average molecular weight is 380 g/mol. The van der Waals surface area contributed by atoms with Crippen molar-refractivity contribution in [3.8, 4) is 5.69 Å². The fourth-order valence-electron chi connectivity index (χ4n) is 3.20. The van der Waals surface area contributed by atoms with Crippen LogP contribution in [0.1, 0.15) is 30.0 Å². The molecular formula is C21H22ClN5. The second-order valence-corrected chi connectivity index (χ2v) is 6.31. The summed E-state index contributed by atoms with van der Waals surface area (Å²) in [4.78, 5) is 9.24. The average Bonchev–Trinajstić information content (AvgIpc) is 3.12. The fourth-order valence-corrected chi connectivity index (χ4v) is 3.20. The fraction of sp³-hybridized carbons (Fsp3) is 0.190. The van der Waals surface area contributed by atoms with E-state index in [1.54, 1.807) is 6.20 Å². The zero-order chi connectivity index (χ0) is 17.9. The van der Waals surface area contributed by atoms with Crippen LogP contribution in [0.15, 0.2) is 67.0 Å². The Morgan fingerprint density at radius 2 is 1.81 bits per heavy atom. The molecule has 0 bridgehead atoms. The lowest BCUT2D eigenvalue weighted by Crippen LogP contribution is -2.18. The smallest absolute Gasteiger partial charge is 0.0884 e. The molecule has 1 aromatic carbocycles. The van der Waals surface area contributed by atoms with Crippen molar-refractivity contribution in [3.05, 3.63) is 84.1 Å². The van der Waals surface area contributed by atoms with Crippen molar-refractivity contribution in [1.82, 2.24) is 19.7 Å². The van der Waals surface area contributed by atoms with E-state index >= 15 is 0 Å². The highest BCUT2D eigenvalue weighted by Gasteiger charge is 2.17. The Bertz CT molecular complexity index is 1040. The van der Waals surface area contributed by atoms with Gasteiger partial charge in [-0.05, 0) is 36.8 Å². The molecule has 0 saturated carbocycles. The molecule has 1 atom stereocenters. The van der Waals surface area contributed by atoms with Crippen LogP contribution >= 0.6 is 12.4 Å². The standard InChI is InChI=1S/C21H21N5.ClH/c1-2-16-8-5-9-17(25-16)13-18(22)21-20(11-6-12-23-21)26-19-10-4-3-7-15(19)14-24-26;/h3-12,14,18H,2,13,22H2,1H3;1H/t18-;/m0./s1. The number of nitrogens with two attached hydrogens (primary N) is 1. The van der Waals surface area contributed by atoms with Crippen molar-refractivity contribution in [2.24, 2.45) is 5.73 Å². The van der Waals surface area contributed by atoms with Crippen LogP contribution in [0.4, 0.5) is 0 Å². The first-order valence-corrected chi connectivity index (χ1v) is 8.84. The molecule has 0 aliphatic heterocycles. The van der Waals surface area contributed by atoms with Gasteiger partial charge >= 0.3 is 0 Å². The number of hydrogen-bond acceptors (Lipinski definition) is 4. The van der Waals surface area contributed by atoms with Crippen LogP contribution in [0.5, 0.6) is 0 Å². The molecule has 3 aromatic heterocycles. The number of nitrogens with zero attached hydrogens (tertiary/aromatic N) is 4. The van der Waals surface area contributed by atoms with Gasteiger partial charge in [0, 0.05) is 29.4 Å². The van der Waals surface area contributed by atoms with Gasteiger partial charge in [-0.25, -0.2) is 4.68 Å². The van der Waals surface area contributed by atoms with Gasteiger partial charge in [0.15, 0.2) is 0 Å². The summed E-state index contributed by atoms with van der Waals surface area (Å²) in [5.74, 6) is 0. The number of rotatable bonds is 5. The third-order valence-corrected chi connectivity index (χ3v) is 4.53. The molecule has 2 N–H and O–H groups in total. The highest BCUT2D eigenvalue weighted by molar-refractivity contribution is 5.85. The number of fused-ring (bicyclic) bond motifs is 1. The van der Waals surface area contributed by atoms with Gasteiger partial charge in [0.2, 0.25) is 0 Å². The minimum absolute atomic E-state index is 0. The van der Waals surface area contributed by atoms with E-state index in [0.29, 0.717) is 6.42 Å². The third kappa shape index (κ3) is 3.84. The Hall–Kier alpha value is -2.76. The highest BCUT2D eigenvalue weighted by Crippen LogP contribution is 2.24. The van der Waals surface area contributed by atoms with Gasteiger partial charge in [0.1, 0.15) is 0 Å². The molecule has 0 radical (unpaired) electrons. The van der Waals surface area contributed by atoms with Crippen molar-refractivity contribution < 1.29 is 0 Å². The van der Waals surface area contributed by atoms with Gasteiger partial charge in [0.25, 0.3) is 0 Å². The second-order valence-electron chi connectivity index (χ2n) is 6.31. The Balaban J connectivity index is 0.00000210. The first-order chi connectivity index (χ1) is 12.8. The third-order valence-electron chi connectivity index (χ3n) is 4.53. The molecule has 6 heteroatoms. The Kier molecular flexibility index (Phi) is 5.84. The lowest BCUT2D eigenvalue weighted by atomic mass is 10.1. The van der Waals surface area contributed by atoms with Gasteiger partial charge < -0.3 is 5.73 Å². The Morgan fingerprint density at radius 3 is 2.67 bits per heavy atom. The molecule has 0 fully saturated rings. The van der Waals surface area contributed by atoms with E-state index in [2.05, 4.69) is 34.1 Å². The molecule has 0 aliphatic rings. The van der Waals surface area contributed by atoms with Crippen molar-refractivity contribution in [3.63, 3.8) is 0 Å². The van der Waals surface area contributed by atoms with E-state index in [4.69, 9.17) is 5.73 Å². The maximum atomic E-state index is 6.53. The summed E-state index contributed by atoms with van der Waals surface area (Å²) in [7, 11) is 0. The minimum atomic E-state index is -0.256. The molecule has 0 amide bonds. The minimum Gasteiger partial charge on any atom is -0.322 e. The van der Waals surface area contributed by atoms with Crippen LogP contribution in [0.25, 0.3) is 16.6 Å². The summed E-state index contributed by atoms with van der Waals surface area (Å²) < 4.78 is 1.91. The number of halogens is 1. The zero-order valence-corrected chi connectivity index (χ0v) is 15.9. The summed E-state index contributed by atoms with van der Waals surface area (Å²) in [6.07, 6.45) is 5.19. The first-order valence-electron chi connectivity index (χ1n) is 8.84. The molecule has 0 unspecified atom stereocenters. The van der Waals surface area contributed by atoms with Crippen molar-refractivity contribution in [1.29, 1.82) is 0 Å². The van der Waals surface area contributed by atoms with E-state index in [1.807, 2.05) is 53.3 Å². The summed E-state index contributed by atoms with van der Waals surface area (Å²) in [5.41, 5.74) is 11.4. The Labute approximate surface area is 164 Å². The number of aryl methyl sites for hydroxylation is 1. The topological polar surface area (TPSA) is 69.6 Å². The number of aromatic nitrogens is 4. The van der Waals surface area contributed by atoms with E-state index in [0.717, 1.165) is 40.1 Å². The first kappa shape index (κ1) is 19.0. The number of pyridine rings is 2. The predicted molar refractivity (Wildman–Crippen MR) is 110 cm³/mol. The molecule has 3 heterocycles. The summed E-state index contributed by atoms with van der Waals surface area (Å²) in [6, 6.07) is 17.9. The van der Waals surface area contributed by atoms with E-state index < -0.39 is 0 Å². The van der Waals surface area contributed by atoms with E-state index in [9.17, 15) is 0 Å². The molecular weight excluding hydrogens is 358 g/mol. The van der Waals surface area contributed by atoms with Crippen LogP contribution in [-0.4, -0.2) is 19.7 Å². The normalized spacial score (nSPS) is 11.9. The van der Waals surface area contributed by atoms with Gasteiger partial charge in [-0.2, -0.15) is 5.10 Å². The number of benzene rings is 1. The van der Waals surface area contributed by atoms with E-state index in [-0.39, 0.29) is 18.4 Å². The molecule has 27 heavy (non-hydrogen) atoms. The molecule has 0 aliphatic carbocycles. The van der Waals surface area contributed by atoms with Crippen molar-refractivity contribution in [2.75, 3.05) is 0 Å². The number of para-hydroxylation sites is 1. The van der Waals surface area contributed by atoms with Gasteiger partial charge in [-0.3, -0.25) is 9.97 Å². The molecule has 4 aromatic rings. The zero-order valence-electron chi connectivity index (χ0n) is 15.1. The van der Waals surface area contributed by atoms with Crippen LogP contribution in [0.3, 0.4) is 0 Å². The lowest BCUT2D eigenvalue weighted by molar-refractivity contribution is 0.670. The second kappa shape index (κ2) is 8.29. The Morgan fingerprint density at radius 1 is 1.00 bits per heavy atom. The maximum Gasteiger partial charge on any atom is 0.0884 e. The van der Waals surface area contributed by atoms with E-state index in [1.165, 1.54) is 0 Å².